The lowest BCUT2D eigenvalue weighted by molar-refractivity contribution is 0.0981. The Bertz CT molecular complexity index is 1580. The summed E-state index contributed by atoms with van der Waals surface area (Å²) in [7, 11) is 0. The molecule has 2 aromatic heterocycles. The van der Waals surface area contributed by atoms with E-state index in [2.05, 4.69) is 10.2 Å². The van der Waals surface area contributed by atoms with E-state index in [0.717, 1.165) is 34.5 Å². The minimum absolute atomic E-state index is 0.0260. The van der Waals surface area contributed by atoms with Crippen LogP contribution in [0.25, 0.3) is 10.4 Å². The summed E-state index contributed by atoms with van der Waals surface area (Å²) in [6, 6.07) is 20.0. The van der Waals surface area contributed by atoms with Crippen molar-refractivity contribution in [2.24, 2.45) is 0 Å². The summed E-state index contributed by atoms with van der Waals surface area (Å²) in [5.74, 6) is -0.330. The molecule has 0 radical (unpaired) electrons. The second kappa shape index (κ2) is 10.8. The van der Waals surface area contributed by atoms with Gasteiger partial charge in [0.15, 0.2) is 0 Å². The molecule has 3 heterocycles. The normalized spacial score (nSPS) is 14.2. The first kappa shape index (κ1) is 26.2. The molecule has 2 aliphatic rings. The van der Waals surface area contributed by atoms with E-state index in [1.165, 1.54) is 17.4 Å². The first-order chi connectivity index (χ1) is 19.4. The summed E-state index contributed by atoms with van der Waals surface area (Å²) >= 11 is 1.34. The fourth-order valence-electron chi connectivity index (χ4n) is 5.20. The molecule has 4 aromatic rings. The van der Waals surface area contributed by atoms with Crippen molar-refractivity contribution in [3.05, 3.63) is 94.2 Å². The Morgan fingerprint density at radius 1 is 1.12 bits per heavy atom. The number of hydrogen-bond acceptors (Lipinski definition) is 6. The van der Waals surface area contributed by atoms with Crippen LogP contribution >= 0.6 is 11.3 Å². The Labute approximate surface area is 235 Å². The lowest BCUT2D eigenvalue weighted by Crippen LogP contribution is -2.34. The van der Waals surface area contributed by atoms with Crippen molar-refractivity contribution >= 4 is 40.3 Å². The number of carbonyl (C=O) groups is 2. The summed E-state index contributed by atoms with van der Waals surface area (Å²) < 4.78 is 14.3. The highest BCUT2D eigenvalue weighted by molar-refractivity contribution is 7.17. The minimum Gasteiger partial charge on any atom is -0.395 e. The van der Waals surface area contributed by atoms with Gasteiger partial charge in [0.05, 0.1) is 22.9 Å². The van der Waals surface area contributed by atoms with Crippen molar-refractivity contribution in [1.82, 2.24) is 4.98 Å². The molecule has 0 saturated heterocycles. The van der Waals surface area contributed by atoms with Gasteiger partial charge in [-0.1, -0.05) is 36.4 Å². The molecule has 0 bridgehead atoms. The van der Waals surface area contributed by atoms with Crippen LogP contribution in [-0.4, -0.2) is 47.6 Å². The van der Waals surface area contributed by atoms with Crippen LogP contribution in [-0.2, 0) is 6.42 Å². The average Bonchev–Trinajstić information content (AvgIpc) is 3.74. The van der Waals surface area contributed by atoms with Gasteiger partial charge >= 0.3 is 0 Å². The van der Waals surface area contributed by atoms with E-state index in [-0.39, 0.29) is 24.1 Å². The van der Waals surface area contributed by atoms with E-state index in [0.29, 0.717) is 47.5 Å². The largest absolute Gasteiger partial charge is 0.395 e. The third-order valence-corrected chi connectivity index (χ3v) is 8.57. The standard InChI is InChI=1S/C31H29FN4O3S/c1-19-6-4-8-23(32)28(19)34-30(38)26-18-20-14-15-36(25-10-3-2-7-22(25)29(20)40-26)31(39)24-9-5-11-27(33-24)35(16-17-37)21-12-13-21/h2-11,18,21,37H,12-17H2,1H3,(H,34,38). The monoisotopic (exact) mass is 556 g/mol. The zero-order chi connectivity index (χ0) is 27.8. The van der Waals surface area contributed by atoms with Crippen LogP contribution in [0, 0.1) is 12.7 Å². The quantitative estimate of drug-likeness (QED) is 0.306. The maximum absolute atomic E-state index is 14.3. The lowest BCUT2D eigenvalue weighted by atomic mass is 10.1. The number of para-hydroxylation sites is 2. The van der Waals surface area contributed by atoms with E-state index in [1.54, 1.807) is 30.0 Å². The van der Waals surface area contributed by atoms with E-state index >= 15 is 0 Å². The minimum atomic E-state index is -0.472. The second-order valence-corrected chi connectivity index (χ2v) is 11.2. The smallest absolute Gasteiger partial charge is 0.276 e. The van der Waals surface area contributed by atoms with Crippen LogP contribution in [0.15, 0.2) is 66.7 Å². The van der Waals surface area contributed by atoms with Gasteiger partial charge in [0.25, 0.3) is 11.8 Å². The summed E-state index contributed by atoms with van der Waals surface area (Å²) in [4.78, 5) is 36.9. The van der Waals surface area contributed by atoms with E-state index < -0.39 is 5.82 Å². The van der Waals surface area contributed by atoms with Gasteiger partial charge in [-0.15, -0.1) is 11.3 Å². The predicted molar refractivity (Wildman–Crippen MR) is 156 cm³/mol. The topological polar surface area (TPSA) is 85.8 Å². The highest BCUT2D eigenvalue weighted by Crippen LogP contribution is 2.42. The van der Waals surface area contributed by atoms with Gasteiger partial charge in [-0.05, 0) is 67.6 Å². The number of anilines is 3. The average molecular weight is 557 g/mol. The van der Waals surface area contributed by atoms with Gasteiger partial charge in [-0.2, -0.15) is 0 Å². The number of amides is 2. The maximum Gasteiger partial charge on any atom is 0.276 e. The maximum atomic E-state index is 14.3. The summed E-state index contributed by atoms with van der Waals surface area (Å²) in [6.07, 6.45) is 2.67. The van der Waals surface area contributed by atoms with Crippen LogP contribution in [0.1, 0.15) is 44.1 Å². The van der Waals surface area contributed by atoms with Gasteiger partial charge in [-0.3, -0.25) is 9.59 Å². The molecule has 1 fully saturated rings. The number of fused-ring (bicyclic) bond motifs is 3. The summed E-state index contributed by atoms with van der Waals surface area (Å²) in [6.45, 7) is 2.68. The highest BCUT2D eigenvalue weighted by atomic mass is 32.1. The molecule has 7 nitrogen and oxygen atoms in total. The summed E-state index contributed by atoms with van der Waals surface area (Å²) in [5, 5.41) is 12.3. The Morgan fingerprint density at radius 3 is 2.70 bits per heavy atom. The number of nitrogens with one attached hydrogen (secondary N) is 1. The van der Waals surface area contributed by atoms with Gasteiger partial charge in [0.1, 0.15) is 17.3 Å². The van der Waals surface area contributed by atoms with Crippen LogP contribution < -0.4 is 15.1 Å². The van der Waals surface area contributed by atoms with Crippen molar-refractivity contribution in [3.63, 3.8) is 0 Å². The van der Waals surface area contributed by atoms with Crippen LogP contribution in [0.2, 0.25) is 0 Å². The molecular weight excluding hydrogens is 527 g/mol. The van der Waals surface area contributed by atoms with Gasteiger partial charge in [0.2, 0.25) is 0 Å². The number of aromatic nitrogens is 1. The number of carbonyl (C=O) groups excluding carboxylic acids is 2. The number of halogens is 1. The number of pyridine rings is 1. The molecule has 1 saturated carbocycles. The zero-order valence-electron chi connectivity index (χ0n) is 22.1. The molecule has 0 spiro atoms. The zero-order valence-corrected chi connectivity index (χ0v) is 22.9. The molecule has 2 aromatic carbocycles. The van der Waals surface area contributed by atoms with Gasteiger partial charge in [-0.25, -0.2) is 9.37 Å². The number of rotatable bonds is 7. The Hall–Kier alpha value is -4.08. The number of nitrogens with zero attached hydrogens (tertiary/aromatic N) is 3. The molecule has 6 rings (SSSR count). The molecule has 1 aliphatic carbocycles. The number of hydrogen-bond donors (Lipinski definition) is 2. The van der Waals surface area contributed by atoms with Gasteiger partial charge in [0, 0.05) is 29.6 Å². The van der Waals surface area contributed by atoms with Crippen LogP contribution in [0.3, 0.4) is 0 Å². The number of benzene rings is 2. The van der Waals surface area contributed by atoms with Gasteiger partial charge < -0.3 is 20.2 Å². The molecule has 0 unspecified atom stereocenters. The van der Waals surface area contributed by atoms with Crippen LogP contribution in [0.5, 0.6) is 0 Å². The number of aliphatic hydroxyl groups excluding tert-OH is 1. The fraction of sp³-hybridized carbons (Fsp3) is 0.258. The third-order valence-electron chi connectivity index (χ3n) is 7.36. The van der Waals surface area contributed by atoms with E-state index in [1.807, 2.05) is 42.5 Å². The SMILES string of the molecule is Cc1cccc(F)c1NC(=O)c1cc2c(s1)-c1ccccc1N(C(=O)c1cccc(N(CCO)C3CC3)n1)CC2. The molecule has 1 aliphatic heterocycles. The fourth-order valence-corrected chi connectivity index (χ4v) is 6.34. The van der Waals surface area contributed by atoms with Crippen molar-refractivity contribution in [3.8, 4) is 10.4 Å². The van der Waals surface area contributed by atoms with Crippen LogP contribution in [0.4, 0.5) is 21.6 Å². The van der Waals surface area contributed by atoms with Crippen molar-refractivity contribution in [2.45, 2.75) is 32.2 Å². The number of aliphatic hydroxyl groups is 1. The van der Waals surface area contributed by atoms with E-state index in [4.69, 9.17) is 4.98 Å². The highest BCUT2D eigenvalue weighted by Gasteiger charge is 2.31. The second-order valence-electron chi connectivity index (χ2n) is 10.1. The van der Waals surface area contributed by atoms with Crippen molar-refractivity contribution < 1.29 is 19.1 Å². The first-order valence-electron chi connectivity index (χ1n) is 13.4. The Morgan fingerprint density at radius 2 is 1.93 bits per heavy atom. The summed E-state index contributed by atoms with van der Waals surface area (Å²) in [5.41, 5.74) is 3.77. The molecular formula is C31H29FN4O3S. The molecule has 9 heteroatoms. The number of aryl methyl sites for hydroxylation is 1. The predicted octanol–water partition coefficient (Wildman–Crippen LogP) is 5.67. The Kier molecular flexibility index (Phi) is 7.08. The molecule has 0 atom stereocenters. The first-order valence-corrected chi connectivity index (χ1v) is 14.2. The third kappa shape index (κ3) is 4.98. The van der Waals surface area contributed by atoms with Crippen molar-refractivity contribution in [1.29, 1.82) is 0 Å². The lowest BCUT2D eigenvalue weighted by Gasteiger charge is -2.25. The Balaban J connectivity index is 1.29. The molecule has 40 heavy (non-hydrogen) atoms. The molecule has 2 N–H and O–H groups in total. The molecule has 2 amide bonds. The molecule has 204 valence electrons. The van der Waals surface area contributed by atoms with E-state index in [9.17, 15) is 19.1 Å². The number of thiophene rings is 1. The van der Waals surface area contributed by atoms with Crippen molar-refractivity contribution in [2.75, 3.05) is 34.8 Å².